The lowest BCUT2D eigenvalue weighted by Gasteiger charge is -2.10. The Morgan fingerprint density at radius 1 is 1.20 bits per heavy atom. The molecule has 0 atom stereocenters. The first-order chi connectivity index (χ1) is 12.1. The van der Waals surface area contributed by atoms with Gasteiger partial charge in [-0.1, -0.05) is 24.3 Å². The maximum absolute atomic E-state index is 11.7. The summed E-state index contributed by atoms with van der Waals surface area (Å²) in [6.07, 6.45) is 1.71. The average molecular weight is 336 g/mol. The largest absolute Gasteiger partial charge is 0.375 e. The Balaban J connectivity index is 1.90. The van der Waals surface area contributed by atoms with Crippen LogP contribution in [0.3, 0.4) is 0 Å². The second kappa shape index (κ2) is 6.96. The zero-order valence-corrected chi connectivity index (χ0v) is 13.5. The van der Waals surface area contributed by atoms with Crippen LogP contribution < -0.4 is 10.6 Å². The highest BCUT2D eigenvalue weighted by Crippen LogP contribution is 2.27. The zero-order chi connectivity index (χ0) is 17.8. The van der Waals surface area contributed by atoms with Crippen molar-refractivity contribution in [2.75, 3.05) is 12.4 Å². The van der Waals surface area contributed by atoms with Gasteiger partial charge in [-0.3, -0.25) is 19.9 Å². The summed E-state index contributed by atoms with van der Waals surface area (Å²) >= 11 is 0. The lowest BCUT2D eigenvalue weighted by Crippen LogP contribution is -2.18. The fraction of sp³-hybridized carbons (Fsp3) is 0.111. The minimum absolute atomic E-state index is 0.144. The van der Waals surface area contributed by atoms with Gasteiger partial charge in [0.2, 0.25) is 0 Å². The predicted molar refractivity (Wildman–Crippen MR) is 95.6 cm³/mol. The van der Waals surface area contributed by atoms with Crippen molar-refractivity contribution < 1.29 is 9.72 Å². The van der Waals surface area contributed by atoms with E-state index in [1.54, 1.807) is 18.3 Å². The number of nitrogens with one attached hydrogen (secondary N) is 2. The molecule has 1 amide bonds. The Hall–Kier alpha value is -3.48. The van der Waals surface area contributed by atoms with Crippen LogP contribution in [0.25, 0.3) is 10.9 Å². The van der Waals surface area contributed by atoms with Crippen LogP contribution in [-0.4, -0.2) is 22.9 Å². The van der Waals surface area contributed by atoms with Gasteiger partial charge in [0.1, 0.15) is 5.69 Å². The number of nitro benzene ring substituents is 1. The van der Waals surface area contributed by atoms with Crippen molar-refractivity contribution >= 4 is 28.2 Å². The van der Waals surface area contributed by atoms with Crippen LogP contribution in [0.4, 0.5) is 11.4 Å². The van der Waals surface area contributed by atoms with Crippen LogP contribution in [0.15, 0.2) is 54.7 Å². The molecule has 0 radical (unpaired) electrons. The Morgan fingerprint density at radius 3 is 2.76 bits per heavy atom. The molecule has 7 heteroatoms. The third-order valence-corrected chi connectivity index (χ3v) is 3.87. The Kier molecular flexibility index (Phi) is 4.56. The van der Waals surface area contributed by atoms with Gasteiger partial charge >= 0.3 is 0 Å². The molecule has 0 unspecified atom stereocenters. The van der Waals surface area contributed by atoms with Crippen LogP contribution in [0.2, 0.25) is 0 Å². The third kappa shape index (κ3) is 3.40. The van der Waals surface area contributed by atoms with E-state index in [4.69, 9.17) is 0 Å². The SMILES string of the molecule is CNC(=O)c1ccc(NCc2cccc3cccnc23)c([N+](=O)[O-])c1. The lowest BCUT2D eigenvalue weighted by molar-refractivity contribution is -0.384. The molecule has 0 aliphatic carbocycles. The molecule has 0 bridgehead atoms. The molecular formula is C18H16N4O3. The second-order valence-corrected chi connectivity index (χ2v) is 5.41. The summed E-state index contributed by atoms with van der Waals surface area (Å²) in [5.41, 5.74) is 2.23. The van der Waals surface area contributed by atoms with Gasteiger partial charge in [0.05, 0.1) is 10.4 Å². The highest BCUT2D eigenvalue weighted by atomic mass is 16.6. The standard InChI is InChI=1S/C18H16N4O3/c1-19-18(23)13-7-8-15(16(10-13)22(24)25)21-11-14-5-2-4-12-6-3-9-20-17(12)14/h2-10,21H,11H2,1H3,(H,19,23). The number of amides is 1. The number of carbonyl (C=O) groups excluding carboxylic acids is 1. The van der Waals surface area contributed by atoms with Gasteiger partial charge in [-0.05, 0) is 23.8 Å². The first kappa shape index (κ1) is 16.4. The predicted octanol–water partition coefficient (Wildman–Crippen LogP) is 3.11. The monoisotopic (exact) mass is 336 g/mol. The molecule has 2 N–H and O–H groups in total. The van der Waals surface area contributed by atoms with Crippen molar-refractivity contribution in [1.29, 1.82) is 0 Å². The van der Waals surface area contributed by atoms with Gasteiger partial charge < -0.3 is 10.6 Å². The minimum Gasteiger partial charge on any atom is -0.375 e. The summed E-state index contributed by atoms with van der Waals surface area (Å²) in [5.74, 6) is -0.368. The number of carbonyl (C=O) groups is 1. The molecule has 0 fully saturated rings. The van der Waals surface area contributed by atoms with Crippen molar-refractivity contribution in [3.63, 3.8) is 0 Å². The maximum atomic E-state index is 11.7. The third-order valence-electron chi connectivity index (χ3n) is 3.87. The van der Waals surface area contributed by atoms with Crippen molar-refractivity contribution in [1.82, 2.24) is 10.3 Å². The van der Waals surface area contributed by atoms with Crippen molar-refractivity contribution in [2.45, 2.75) is 6.54 Å². The van der Waals surface area contributed by atoms with E-state index in [0.717, 1.165) is 16.5 Å². The first-order valence-corrected chi connectivity index (χ1v) is 7.67. The van der Waals surface area contributed by atoms with E-state index < -0.39 is 4.92 Å². The van der Waals surface area contributed by atoms with Crippen LogP contribution in [0.1, 0.15) is 15.9 Å². The molecule has 25 heavy (non-hydrogen) atoms. The first-order valence-electron chi connectivity index (χ1n) is 7.67. The molecule has 0 saturated heterocycles. The minimum atomic E-state index is -0.504. The summed E-state index contributed by atoms with van der Waals surface area (Å²) in [7, 11) is 1.48. The molecule has 0 spiro atoms. The number of hydrogen-bond acceptors (Lipinski definition) is 5. The highest BCUT2D eigenvalue weighted by molar-refractivity contribution is 5.95. The van der Waals surface area contributed by atoms with Gasteiger partial charge in [0.25, 0.3) is 11.6 Å². The molecule has 1 aromatic heterocycles. The number of rotatable bonds is 5. The summed E-state index contributed by atoms with van der Waals surface area (Å²) in [5, 5.41) is 17.9. The zero-order valence-electron chi connectivity index (χ0n) is 13.5. The van der Waals surface area contributed by atoms with E-state index in [1.165, 1.54) is 13.1 Å². The number of hydrogen-bond donors (Lipinski definition) is 2. The summed E-state index contributed by atoms with van der Waals surface area (Å²) in [6.45, 7) is 0.383. The van der Waals surface area contributed by atoms with E-state index in [9.17, 15) is 14.9 Å². The number of nitrogens with zero attached hydrogens (tertiary/aromatic N) is 2. The summed E-state index contributed by atoms with van der Waals surface area (Å²) in [4.78, 5) is 26.9. The fourth-order valence-corrected chi connectivity index (χ4v) is 2.62. The molecule has 0 saturated carbocycles. The van der Waals surface area contributed by atoms with Crippen LogP contribution in [0, 0.1) is 10.1 Å². The molecule has 2 aromatic carbocycles. The second-order valence-electron chi connectivity index (χ2n) is 5.41. The number of anilines is 1. The Morgan fingerprint density at radius 2 is 2.00 bits per heavy atom. The van der Waals surface area contributed by atoms with Crippen LogP contribution in [-0.2, 0) is 6.54 Å². The number of aromatic nitrogens is 1. The van der Waals surface area contributed by atoms with E-state index >= 15 is 0 Å². The summed E-state index contributed by atoms with van der Waals surface area (Å²) in [6, 6.07) is 14.0. The van der Waals surface area contributed by atoms with Gasteiger partial charge in [0, 0.05) is 36.8 Å². The number of benzene rings is 2. The van der Waals surface area contributed by atoms with E-state index in [-0.39, 0.29) is 17.2 Å². The quantitative estimate of drug-likeness (QED) is 0.551. The molecule has 3 rings (SSSR count). The van der Waals surface area contributed by atoms with Crippen LogP contribution >= 0.6 is 0 Å². The van der Waals surface area contributed by atoms with Crippen molar-refractivity contribution in [3.05, 3.63) is 76.0 Å². The van der Waals surface area contributed by atoms with Gasteiger partial charge in [-0.15, -0.1) is 0 Å². The molecule has 0 aliphatic heterocycles. The fourth-order valence-electron chi connectivity index (χ4n) is 2.62. The molecular weight excluding hydrogens is 320 g/mol. The molecule has 1 heterocycles. The highest BCUT2D eigenvalue weighted by Gasteiger charge is 2.17. The Bertz CT molecular complexity index is 951. The smallest absolute Gasteiger partial charge is 0.293 e. The number of nitro groups is 1. The van der Waals surface area contributed by atoms with E-state index in [2.05, 4.69) is 15.6 Å². The van der Waals surface area contributed by atoms with Gasteiger partial charge in [-0.25, -0.2) is 0 Å². The topological polar surface area (TPSA) is 97.2 Å². The van der Waals surface area contributed by atoms with Gasteiger partial charge in [-0.2, -0.15) is 0 Å². The maximum Gasteiger partial charge on any atom is 0.293 e. The molecule has 7 nitrogen and oxygen atoms in total. The Labute approximate surface area is 143 Å². The van der Waals surface area contributed by atoms with E-state index in [0.29, 0.717) is 12.2 Å². The number of pyridine rings is 1. The number of fused-ring (bicyclic) bond motifs is 1. The summed E-state index contributed by atoms with van der Waals surface area (Å²) < 4.78 is 0. The molecule has 0 aliphatic rings. The molecule has 126 valence electrons. The average Bonchev–Trinajstić information content (AvgIpc) is 2.65. The van der Waals surface area contributed by atoms with Crippen molar-refractivity contribution in [2.24, 2.45) is 0 Å². The molecule has 3 aromatic rings. The number of para-hydroxylation sites is 1. The van der Waals surface area contributed by atoms with Crippen LogP contribution in [0.5, 0.6) is 0 Å². The lowest BCUT2D eigenvalue weighted by atomic mass is 10.1. The normalized spacial score (nSPS) is 10.4. The van der Waals surface area contributed by atoms with E-state index in [1.807, 2.05) is 30.3 Å². The van der Waals surface area contributed by atoms with Crippen molar-refractivity contribution in [3.8, 4) is 0 Å². The van der Waals surface area contributed by atoms with Gasteiger partial charge in [0.15, 0.2) is 0 Å².